The number of hydrogen-bond acceptors (Lipinski definition) is 5. The van der Waals surface area contributed by atoms with Gasteiger partial charge in [-0.15, -0.1) is 11.3 Å². The van der Waals surface area contributed by atoms with Crippen molar-refractivity contribution >= 4 is 63.5 Å². The zero-order valence-corrected chi connectivity index (χ0v) is 15.6. The number of anilines is 1. The summed E-state index contributed by atoms with van der Waals surface area (Å²) in [4.78, 5) is 16.7. The first-order valence-electron chi connectivity index (χ1n) is 6.92. The zero-order chi connectivity index (χ0) is 17.8. The number of thiazole rings is 1. The first-order valence-corrected chi connectivity index (χ1v) is 9.50. The van der Waals surface area contributed by atoms with Crippen molar-refractivity contribution in [2.45, 2.75) is 0 Å². The van der Waals surface area contributed by atoms with Crippen LogP contribution in [0.4, 0.5) is 5.69 Å². The molecule has 0 aliphatic rings. The topological polar surface area (TPSA) is 65.8 Å². The average molecular weight is 406 g/mol. The molecule has 25 heavy (non-hydrogen) atoms. The van der Waals surface area contributed by atoms with Gasteiger partial charge in [-0.3, -0.25) is 4.79 Å². The minimum absolute atomic E-state index is 0.0572. The molecular formula is C17H9Cl2N3OS2. The van der Waals surface area contributed by atoms with Crippen molar-refractivity contribution < 1.29 is 4.79 Å². The van der Waals surface area contributed by atoms with Gasteiger partial charge >= 0.3 is 0 Å². The normalized spacial score (nSPS) is 11.2. The largest absolute Gasteiger partial charge is 0.321 e. The molecule has 0 spiro atoms. The highest BCUT2D eigenvalue weighted by Gasteiger charge is 2.12. The summed E-state index contributed by atoms with van der Waals surface area (Å²) in [6, 6.07) is 8.53. The molecule has 0 atom stereocenters. The lowest BCUT2D eigenvalue weighted by molar-refractivity contribution is -0.112. The van der Waals surface area contributed by atoms with Gasteiger partial charge in [-0.2, -0.15) is 16.6 Å². The molecule has 4 nitrogen and oxygen atoms in total. The first-order chi connectivity index (χ1) is 12.0. The van der Waals surface area contributed by atoms with Crippen molar-refractivity contribution in [3.8, 4) is 16.6 Å². The van der Waals surface area contributed by atoms with Gasteiger partial charge in [0, 0.05) is 32.1 Å². The van der Waals surface area contributed by atoms with Crippen LogP contribution in [0.5, 0.6) is 0 Å². The highest BCUT2D eigenvalue weighted by molar-refractivity contribution is 7.14. The molecule has 0 saturated carbocycles. The second kappa shape index (κ2) is 7.81. The summed E-state index contributed by atoms with van der Waals surface area (Å²) in [5.41, 5.74) is 1.94. The Morgan fingerprint density at radius 3 is 2.64 bits per heavy atom. The van der Waals surface area contributed by atoms with E-state index in [2.05, 4.69) is 10.3 Å². The van der Waals surface area contributed by atoms with Gasteiger partial charge in [-0.05, 0) is 35.7 Å². The number of aromatic nitrogens is 1. The maximum Gasteiger partial charge on any atom is 0.266 e. The van der Waals surface area contributed by atoms with Crippen LogP contribution in [0.2, 0.25) is 10.0 Å². The Balaban J connectivity index is 1.80. The lowest BCUT2D eigenvalue weighted by Gasteiger charge is -2.05. The van der Waals surface area contributed by atoms with Crippen molar-refractivity contribution in [2.75, 3.05) is 5.32 Å². The summed E-state index contributed by atoms with van der Waals surface area (Å²) in [5.74, 6) is -0.550. The van der Waals surface area contributed by atoms with Crippen LogP contribution in [0, 0.1) is 11.3 Å². The molecule has 8 heteroatoms. The summed E-state index contributed by atoms with van der Waals surface area (Å²) in [5, 5.41) is 19.3. The summed E-state index contributed by atoms with van der Waals surface area (Å²) in [6.07, 6.45) is 1.45. The molecule has 1 aromatic carbocycles. The van der Waals surface area contributed by atoms with Gasteiger partial charge in [0.15, 0.2) is 0 Å². The second-order valence-electron chi connectivity index (χ2n) is 4.87. The fraction of sp³-hybridized carbons (Fsp3) is 0. The number of halogens is 2. The van der Waals surface area contributed by atoms with Crippen LogP contribution in [0.1, 0.15) is 5.69 Å². The predicted molar refractivity (Wildman–Crippen MR) is 104 cm³/mol. The van der Waals surface area contributed by atoms with E-state index in [4.69, 9.17) is 23.2 Å². The standard InChI is InChI=1S/C17H9Cl2N3OS2/c18-12-4-13(19)6-14(5-12)21-16(23)11(7-20)3-15-9-25-17(22-15)10-1-2-24-8-10/h1-6,8-9H,(H,21,23). The number of nitriles is 1. The highest BCUT2D eigenvalue weighted by Crippen LogP contribution is 2.27. The van der Waals surface area contributed by atoms with E-state index in [1.54, 1.807) is 34.9 Å². The molecule has 2 heterocycles. The van der Waals surface area contributed by atoms with Crippen molar-refractivity contribution in [1.82, 2.24) is 4.98 Å². The molecule has 0 bridgehead atoms. The Bertz CT molecular complexity index is 967. The third-order valence-corrected chi connectivity index (χ3v) is 5.10. The van der Waals surface area contributed by atoms with Crippen LogP contribution in [-0.4, -0.2) is 10.9 Å². The van der Waals surface area contributed by atoms with Gasteiger partial charge < -0.3 is 5.32 Å². The molecule has 2 aromatic heterocycles. The number of nitrogens with one attached hydrogen (secondary N) is 1. The van der Waals surface area contributed by atoms with Gasteiger partial charge in [0.2, 0.25) is 0 Å². The van der Waals surface area contributed by atoms with E-state index >= 15 is 0 Å². The maximum atomic E-state index is 12.3. The van der Waals surface area contributed by atoms with E-state index in [1.165, 1.54) is 17.4 Å². The third kappa shape index (κ3) is 4.47. The Kier molecular flexibility index (Phi) is 5.51. The monoisotopic (exact) mass is 405 g/mol. The Hall–Kier alpha value is -2.17. The fourth-order valence-corrected chi connectivity index (χ4v) is 4.01. The predicted octanol–water partition coefficient (Wildman–Crippen LogP) is 5.72. The summed E-state index contributed by atoms with van der Waals surface area (Å²) in [6.45, 7) is 0. The summed E-state index contributed by atoms with van der Waals surface area (Å²) in [7, 11) is 0. The molecule has 0 fully saturated rings. The SMILES string of the molecule is N#CC(=Cc1csc(-c2ccsc2)n1)C(=O)Nc1cc(Cl)cc(Cl)c1. The van der Waals surface area contributed by atoms with E-state index in [9.17, 15) is 10.1 Å². The van der Waals surface area contributed by atoms with Gasteiger partial charge in [0.1, 0.15) is 16.6 Å². The molecule has 124 valence electrons. The van der Waals surface area contributed by atoms with E-state index in [-0.39, 0.29) is 5.57 Å². The third-order valence-electron chi connectivity index (χ3n) is 3.07. The second-order valence-corrected chi connectivity index (χ2v) is 7.38. The minimum atomic E-state index is -0.550. The van der Waals surface area contributed by atoms with Crippen LogP contribution in [-0.2, 0) is 4.79 Å². The molecule has 0 radical (unpaired) electrons. The molecule has 1 amide bonds. The maximum absolute atomic E-state index is 12.3. The number of benzene rings is 1. The van der Waals surface area contributed by atoms with Gasteiger partial charge in [0.25, 0.3) is 5.91 Å². The van der Waals surface area contributed by atoms with Gasteiger partial charge in [0.05, 0.1) is 5.69 Å². The summed E-state index contributed by atoms with van der Waals surface area (Å²) >= 11 is 14.8. The zero-order valence-electron chi connectivity index (χ0n) is 12.5. The Morgan fingerprint density at radius 2 is 2.00 bits per heavy atom. The van der Waals surface area contributed by atoms with E-state index in [0.717, 1.165) is 10.6 Å². The lowest BCUT2D eigenvalue weighted by Crippen LogP contribution is -2.13. The number of hydrogen-bond donors (Lipinski definition) is 1. The fourth-order valence-electron chi connectivity index (χ4n) is 1.99. The lowest BCUT2D eigenvalue weighted by atomic mass is 10.2. The average Bonchev–Trinajstić information content (AvgIpc) is 3.22. The Labute approximate surface area is 162 Å². The molecule has 3 rings (SSSR count). The minimum Gasteiger partial charge on any atom is -0.321 e. The molecule has 0 saturated heterocycles. The van der Waals surface area contributed by atoms with Crippen molar-refractivity contribution in [3.63, 3.8) is 0 Å². The van der Waals surface area contributed by atoms with Crippen LogP contribution >= 0.6 is 45.9 Å². The van der Waals surface area contributed by atoms with E-state index in [0.29, 0.717) is 21.4 Å². The quantitative estimate of drug-likeness (QED) is 0.445. The van der Waals surface area contributed by atoms with Gasteiger partial charge in [-0.1, -0.05) is 23.2 Å². The van der Waals surface area contributed by atoms with E-state index < -0.39 is 5.91 Å². The van der Waals surface area contributed by atoms with Crippen LogP contribution in [0.15, 0.2) is 46.0 Å². The smallest absolute Gasteiger partial charge is 0.266 e. The number of amides is 1. The van der Waals surface area contributed by atoms with Crippen molar-refractivity contribution in [3.05, 3.63) is 61.7 Å². The molecule has 0 aliphatic heterocycles. The van der Waals surface area contributed by atoms with Crippen molar-refractivity contribution in [2.24, 2.45) is 0 Å². The molecule has 0 unspecified atom stereocenters. The molecule has 1 N–H and O–H groups in total. The van der Waals surface area contributed by atoms with Crippen LogP contribution in [0.3, 0.4) is 0 Å². The van der Waals surface area contributed by atoms with Crippen molar-refractivity contribution in [1.29, 1.82) is 5.26 Å². The summed E-state index contributed by atoms with van der Waals surface area (Å²) < 4.78 is 0. The number of nitrogens with zero attached hydrogens (tertiary/aromatic N) is 2. The number of carbonyl (C=O) groups excluding carboxylic acids is 1. The molecular weight excluding hydrogens is 397 g/mol. The number of rotatable bonds is 4. The van der Waals surface area contributed by atoms with Gasteiger partial charge in [-0.25, -0.2) is 4.98 Å². The molecule has 0 aliphatic carbocycles. The molecule has 3 aromatic rings. The van der Waals surface area contributed by atoms with Crippen LogP contribution < -0.4 is 5.32 Å². The first kappa shape index (κ1) is 17.6. The van der Waals surface area contributed by atoms with E-state index in [1.807, 2.05) is 22.9 Å². The van der Waals surface area contributed by atoms with Crippen LogP contribution in [0.25, 0.3) is 16.6 Å². The number of carbonyl (C=O) groups is 1. The number of thiophene rings is 1. The Morgan fingerprint density at radius 1 is 1.24 bits per heavy atom. The highest BCUT2D eigenvalue weighted by atomic mass is 35.5.